The molecule has 1 aromatic carbocycles. The monoisotopic (exact) mass is 384 g/mol. The molecule has 0 bridgehead atoms. The maximum absolute atomic E-state index is 12.1. The average molecular weight is 386 g/mol. The maximum Gasteiger partial charge on any atom is 0.259 e. The number of fused-ring (bicyclic) bond motifs is 1. The molecule has 0 saturated heterocycles. The van der Waals surface area contributed by atoms with E-state index in [1.54, 1.807) is 22.6 Å². The van der Waals surface area contributed by atoms with E-state index in [0.717, 1.165) is 10.2 Å². The number of hydrogen-bond acceptors (Lipinski definition) is 4. The fourth-order valence-electron chi connectivity index (χ4n) is 1.92. The molecule has 7 heteroatoms. The number of benzene rings is 1. The van der Waals surface area contributed by atoms with Gasteiger partial charge in [0.25, 0.3) is 5.56 Å². The Labute approximate surface area is 138 Å². The number of ether oxygens (including phenoxy) is 1. The van der Waals surface area contributed by atoms with Gasteiger partial charge in [-0.2, -0.15) is 0 Å². The molecule has 21 heavy (non-hydrogen) atoms. The van der Waals surface area contributed by atoms with Crippen LogP contribution in [0.2, 0.25) is 5.02 Å². The number of rotatable bonds is 3. The second-order valence-electron chi connectivity index (χ2n) is 4.44. The lowest BCUT2D eigenvalue weighted by Gasteiger charge is -2.08. The van der Waals surface area contributed by atoms with E-state index in [1.165, 1.54) is 17.4 Å². The highest BCUT2D eigenvalue weighted by Gasteiger charge is 2.08. The lowest BCUT2D eigenvalue weighted by molar-refractivity contribution is 0.299. The van der Waals surface area contributed by atoms with Gasteiger partial charge in [-0.05, 0) is 41.1 Å². The van der Waals surface area contributed by atoms with Crippen molar-refractivity contribution in [3.05, 3.63) is 60.9 Å². The molecular formula is C14H10BrClN2O2S. The lowest BCUT2D eigenvalue weighted by atomic mass is 10.3. The third-order valence-corrected chi connectivity index (χ3v) is 4.70. The molecule has 3 aromatic rings. The van der Waals surface area contributed by atoms with Crippen molar-refractivity contribution >= 4 is 43.8 Å². The number of hydrogen-bond donors (Lipinski definition) is 0. The second kappa shape index (κ2) is 5.79. The normalized spacial score (nSPS) is 11.0. The van der Waals surface area contributed by atoms with Crippen molar-refractivity contribution in [2.45, 2.75) is 13.5 Å². The van der Waals surface area contributed by atoms with Crippen LogP contribution in [0.3, 0.4) is 0 Å². The molecule has 0 amide bonds. The van der Waals surface area contributed by atoms with E-state index in [2.05, 4.69) is 20.9 Å². The minimum absolute atomic E-state index is 0.0903. The SMILES string of the molecule is Cc1csc2nc(COc3ccc(Cl)cc3Br)cc(=O)n12. The second-order valence-corrected chi connectivity index (χ2v) is 6.57. The molecule has 0 aliphatic carbocycles. The standard InChI is InChI=1S/C14H10BrClN2O2S/c1-8-7-21-14-17-10(5-13(19)18(8)14)6-20-12-3-2-9(16)4-11(12)15/h2-5,7H,6H2,1H3. The third-order valence-electron chi connectivity index (χ3n) is 2.90. The van der Waals surface area contributed by atoms with Crippen LogP contribution in [-0.4, -0.2) is 9.38 Å². The summed E-state index contributed by atoms with van der Waals surface area (Å²) in [5, 5.41) is 2.53. The van der Waals surface area contributed by atoms with Crippen molar-refractivity contribution < 1.29 is 4.74 Å². The van der Waals surface area contributed by atoms with Crippen molar-refractivity contribution in [1.29, 1.82) is 0 Å². The summed E-state index contributed by atoms with van der Waals surface area (Å²) in [5.41, 5.74) is 1.40. The van der Waals surface area contributed by atoms with Crippen molar-refractivity contribution in [2.24, 2.45) is 0 Å². The zero-order valence-electron chi connectivity index (χ0n) is 11.0. The van der Waals surface area contributed by atoms with E-state index in [4.69, 9.17) is 16.3 Å². The molecule has 4 nitrogen and oxygen atoms in total. The van der Waals surface area contributed by atoms with Crippen LogP contribution in [0.25, 0.3) is 4.96 Å². The quantitative estimate of drug-likeness (QED) is 0.683. The highest BCUT2D eigenvalue weighted by Crippen LogP contribution is 2.28. The van der Waals surface area contributed by atoms with E-state index in [0.29, 0.717) is 21.4 Å². The predicted molar refractivity (Wildman–Crippen MR) is 87.6 cm³/mol. The summed E-state index contributed by atoms with van der Waals surface area (Å²) >= 11 is 10.7. The molecule has 0 aliphatic heterocycles. The zero-order valence-corrected chi connectivity index (χ0v) is 14.1. The molecular weight excluding hydrogens is 376 g/mol. The highest BCUT2D eigenvalue weighted by molar-refractivity contribution is 9.10. The van der Waals surface area contributed by atoms with Gasteiger partial charge in [0, 0.05) is 22.2 Å². The smallest absolute Gasteiger partial charge is 0.259 e. The van der Waals surface area contributed by atoms with Crippen LogP contribution in [0, 0.1) is 6.92 Å². The fraction of sp³-hybridized carbons (Fsp3) is 0.143. The summed E-state index contributed by atoms with van der Waals surface area (Å²) in [4.78, 5) is 17.2. The molecule has 0 unspecified atom stereocenters. The summed E-state index contributed by atoms with van der Waals surface area (Å²) in [6.07, 6.45) is 0. The zero-order chi connectivity index (χ0) is 15.0. The van der Waals surface area contributed by atoms with E-state index < -0.39 is 0 Å². The molecule has 0 N–H and O–H groups in total. The molecule has 0 fully saturated rings. The van der Waals surface area contributed by atoms with E-state index in [1.807, 2.05) is 12.3 Å². The van der Waals surface area contributed by atoms with Crippen molar-refractivity contribution in [3.8, 4) is 5.75 Å². The topological polar surface area (TPSA) is 43.6 Å². The van der Waals surface area contributed by atoms with Gasteiger partial charge in [0.15, 0.2) is 4.96 Å². The molecule has 2 heterocycles. The van der Waals surface area contributed by atoms with Gasteiger partial charge >= 0.3 is 0 Å². The van der Waals surface area contributed by atoms with Gasteiger partial charge in [-0.25, -0.2) is 4.98 Å². The van der Waals surface area contributed by atoms with Crippen molar-refractivity contribution in [2.75, 3.05) is 0 Å². The van der Waals surface area contributed by atoms with Gasteiger partial charge in [0.05, 0.1) is 10.2 Å². The largest absolute Gasteiger partial charge is 0.486 e. The van der Waals surface area contributed by atoms with Crippen LogP contribution < -0.4 is 10.3 Å². The fourth-order valence-corrected chi connectivity index (χ4v) is 3.61. The van der Waals surface area contributed by atoms with Crippen LogP contribution in [-0.2, 0) is 6.61 Å². The first-order chi connectivity index (χ1) is 10.0. The molecule has 0 atom stereocenters. The Morgan fingerprint density at radius 3 is 3.00 bits per heavy atom. The highest BCUT2D eigenvalue weighted by atomic mass is 79.9. The van der Waals surface area contributed by atoms with E-state index in [9.17, 15) is 4.79 Å². The minimum Gasteiger partial charge on any atom is -0.486 e. The summed E-state index contributed by atoms with van der Waals surface area (Å²) < 4.78 is 8.03. The molecule has 0 spiro atoms. The summed E-state index contributed by atoms with van der Waals surface area (Å²) in [5.74, 6) is 0.656. The molecule has 0 saturated carbocycles. The van der Waals surface area contributed by atoms with E-state index >= 15 is 0 Å². The van der Waals surface area contributed by atoms with Gasteiger partial charge in [-0.3, -0.25) is 9.20 Å². The number of aryl methyl sites for hydroxylation is 1. The Kier molecular flexibility index (Phi) is 4.01. The summed E-state index contributed by atoms with van der Waals surface area (Å²) in [7, 11) is 0. The van der Waals surface area contributed by atoms with Crippen LogP contribution >= 0.6 is 38.9 Å². The molecule has 0 radical (unpaired) electrons. The number of thiazole rings is 1. The van der Waals surface area contributed by atoms with Crippen molar-refractivity contribution in [3.63, 3.8) is 0 Å². The van der Waals surface area contributed by atoms with Crippen molar-refractivity contribution in [1.82, 2.24) is 9.38 Å². The van der Waals surface area contributed by atoms with Gasteiger partial charge in [-0.15, -0.1) is 11.3 Å². The lowest BCUT2D eigenvalue weighted by Crippen LogP contribution is -2.16. The Morgan fingerprint density at radius 1 is 1.43 bits per heavy atom. The van der Waals surface area contributed by atoms with Crippen LogP contribution in [0.15, 0.2) is 38.9 Å². The Hall–Kier alpha value is -1.37. The van der Waals surface area contributed by atoms with E-state index in [-0.39, 0.29) is 12.2 Å². The minimum atomic E-state index is -0.0903. The first-order valence-corrected chi connectivity index (χ1v) is 8.14. The maximum atomic E-state index is 12.1. The number of nitrogens with zero attached hydrogens (tertiary/aromatic N) is 2. The van der Waals surface area contributed by atoms with Crippen LogP contribution in [0.1, 0.15) is 11.4 Å². The predicted octanol–water partition coefficient (Wildman–Crippen LogP) is 4.06. The first kappa shape index (κ1) is 14.6. The molecule has 2 aromatic heterocycles. The first-order valence-electron chi connectivity index (χ1n) is 6.09. The number of aromatic nitrogens is 2. The molecule has 108 valence electrons. The van der Waals surface area contributed by atoms with Crippen LogP contribution in [0.4, 0.5) is 0 Å². The Morgan fingerprint density at radius 2 is 2.24 bits per heavy atom. The van der Waals surface area contributed by atoms with Gasteiger partial charge in [0.2, 0.25) is 0 Å². The van der Waals surface area contributed by atoms with Gasteiger partial charge in [0.1, 0.15) is 12.4 Å². The summed E-state index contributed by atoms with van der Waals surface area (Å²) in [6, 6.07) is 6.77. The van der Waals surface area contributed by atoms with Crippen LogP contribution in [0.5, 0.6) is 5.75 Å². The van der Waals surface area contributed by atoms with Gasteiger partial charge < -0.3 is 4.74 Å². The third kappa shape index (κ3) is 2.97. The Bertz CT molecular complexity index is 875. The van der Waals surface area contributed by atoms with Gasteiger partial charge in [-0.1, -0.05) is 11.6 Å². The summed E-state index contributed by atoms with van der Waals surface area (Å²) in [6.45, 7) is 2.11. The average Bonchev–Trinajstić information content (AvgIpc) is 2.80. The molecule has 0 aliphatic rings. The molecule has 3 rings (SSSR count). The Balaban J connectivity index is 1.87. The number of halogens is 2.